The van der Waals surface area contributed by atoms with E-state index in [2.05, 4.69) is 24.1 Å². The summed E-state index contributed by atoms with van der Waals surface area (Å²) in [6.45, 7) is 7.27. The lowest BCUT2D eigenvalue weighted by Gasteiger charge is -2.23. The molecule has 124 valence electrons. The fourth-order valence-electron chi connectivity index (χ4n) is 2.65. The largest absolute Gasteiger partial charge is 0.343 e. The summed E-state index contributed by atoms with van der Waals surface area (Å²) in [5.74, 6) is 0.358. The highest BCUT2D eigenvalue weighted by atomic mass is 16.2. The maximum Gasteiger partial charge on any atom is 0.223 e. The van der Waals surface area contributed by atoms with Gasteiger partial charge in [-0.25, -0.2) is 0 Å². The highest BCUT2D eigenvalue weighted by molar-refractivity contribution is 5.76. The van der Waals surface area contributed by atoms with E-state index in [1.807, 2.05) is 0 Å². The Labute approximate surface area is 131 Å². The van der Waals surface area contributed by atoms with Crippen molar-refractivity contribution in [3.63, 3.8) is 0 Å². The molecule has 0 bridgehead atoms. The average molecular weight is 296 g/mol. The van der Waals surface area contributed by atoms with Gasteiger partial charge in [-0.3, -0.25) is 4.79 Å². The quantitative estimate of drug-likeness (QED) is 0.489. The highest BCUT2D eigenvalue weighted by Crippen LogP contribution is 2.18. The van der Waals surface area contributed by atoms with E-state index >= 15 is 0 Å². The maximum absolute atomic E-state index is 12.4. The lowest BCUT2D eigenvalue weighted by Crippen LogP contribution is -2.35. The van der Waals surface area contributed by atoms with Gasteiger partial charge in [-0.15, -0.1) is 0 Å². The zero-order valence-corrected chi connectivity index (χ0v) is 14.3. The first kappa shape index (κ1) is 18.5. The molecule has 0 spiro atoms. The van der Waals surface area contributed by atoms with Crippen LogP contribution < -0.4 is 5.32 Å². The molecule has 1 rings (SSSR count). The third kappa shape index (κ3) is 9.89. The van der Waals surface area contributed by atoms with Crippen molar-refractivity contribution in [2.45, 2.75) is 90.5 Å². The van der Waals surface area contributed by atoms with Crippen LogP contribution >= 0.6 is 0 Å². The van der Waals surface area contributed by atoms with Gasteiger partial charge in [0.2, 0.25) is 5.91 Å². The number of unbranched alkanes of at least 4 members (excludes halogenated alkanes) is 6. The summed E-state index contributed by atoms with van der Waals surface area (Å²) in [6.07, 6.45) is 13.2. The smallest absolute Gasteiger partial charge is 0.223 e. The number of rotatable bonds is 14. The van der Waals surface area contributed by atoms with Gasteiger partial charge < -0.3 is 10.2 Å². The van der Waals surface area contributed by atoms with E-state index in [-0.39, 0.29) is 0 Å². The number of hydrogen-bond acceptors (Lipinski definition) is 2. The molecular formula is C18H36N2O. The van der Waals surface area contributed by atoms with Crippen LogP contribution in [0.15, 0.2) is 0 Å². The molecule has 1 aliphatic rings. The van der Waals surface area contributed by atoms with E-state index in [1.165, 1.54) is 64.2 Å². The molecule has 0 radical (unpaired) electrons. The van der Waals surface area contributed by atoms with Gasteiger partial charge in [0.15, 0.2) is 0 Å². The minimum Gasteiger partial charge on any atom is -0.343 e. The third-order valence-corrected chi connectivity index (χ3v) is 4.27. The van der Waals surface area contributed by atoms with Crippen LogP contribution in [0.4, 0.5) is 0 Å². The Morgan fingerprint density at radius 1 is 0.952 bits per heavy atom. The van der Waals surface area contributed by atoms with Crippen molar-refractivity contribution in [3.05, 3.63) is 0 Å². The van der Waals surface area contributed by atoms with Gasteiger partial charge in [0, 0.05) is 32.1 Å². The molecule has 0 heterocycles. The SMILES string of the molecule is CCCCCCN(CCCCCC)C(=O)CCNC1CC1. The number of carbonyl (C=O) groups is 1. The van der Waals surface area contributed by atoms with Gasteiger partial charge in [0.05, 0.1) is 0 Å². The van der Waals surface area contributed by atoms with Crippen LogP contribution in [-0.4, -0.2) is 36.5 Å². The zero-order chi connectivity index (χ0) is 15.3. The molecule has 0 atom stereocenters. The van der Waals surface area contributed by atoms with Gasteiger partial charge in [-0.1, -0.05) is 52.4 Å². The van der Waals surface area contributed by atoms with Crippen LogP contribution in [0.1, 0.15) is 84.5 Å². The number of nitrogens with one attached hydrogen (secondary N) is 1. The van der Waals surface area contributed by atoms with Crippen LogP contribution in [0.25, 0.3) is 0 Å². The Morgan fingerprint density at radius 2 is 1.52 bits per heavy atom. The Bertz CT molecular complexity index is 252. The standard InChI is InChI=1S/C18H36N2O/c1-3-5-7-9-15-20(16-10-8-6-4-2)18(21)13-14-19-17-11-12-17/h17,19H,3-16H2,1-2H3. The second-order valence-electron chi connectivity index (χ2n) is 6.48. The lowest BCUT2D eigenvalue weighted by atomic mass is 10.1. The molecule has 1 aliphatic carbocycles. The maximum atomic E-state index is 12.4. The van der Waals surface area contributed by atoms with Crippen molar-refractivity contribution in [1.82, 2.24) is 10.2 Å². The minimum atomic E-state index is 0.358. The summed E-state index contributed by atoms with van der Waals surface area (Å²) in [6, 6.07) is 0.709. The first-order chi connectivity index (χ1) is 10.3. The van der Waals surface area contributed by atoms with E-state index in [9.17, 15) is 4.79 Å². The molecule has 1 amide bonds. The molecule has 3 heteroatoms. The molecule has 0 unspecified atom stereocenters. The summed E-state index contributed by atoms with van der Waals surface area (Å²) in [5.41, 5.74) is 0. The number of carbonyl (C=O) groups excluding carboxylic acids is 1. The van der Waals surface area contributed by atoms with E-state index in [4.69, 9.17) is 0 Å². The van der Waals surface area contributed by atoms with Gasteiger partial charge >= 0.3 is 0 Å². The van der Waals surface area contributed by atoms with Crippen molar-refractivity contribution in [2.24, 2.45) is 0 Å². The van der Waals surface area contributed by atoms with Crippen LogP contribution in [-0.2, 0) is 4.79 Å². The average Bonchev–Trinajstić information content (AvgIpc) is 3.29. The summed E-state index contributed by atoms with van der Waals surface area (Å²) in [4.78, 5) is 14.5. The summed E-state index contributed by atoms with van der Waals surface area (Å²) in [7, 11) is 0. The van der Waals surface area contributed by atoms with Crippen molar-refractivity contribution < 1.29 is 4.79 Å². The summed E-state index contributed by atoms with van der Waals surface area (Å²) < 4.78 is 0. The Kier molecular flexibility index (Phi) is 10.6. The van der Waals surface area contributed by atoms with E-state index in [1.54, 1.807) is 0 Å². The summed E-state index contributed by atoms with van der Waals surface area (Å²) >= 11 is 0. The van der Waals surface area contributed by atoms with Gasteiger partial charge in [-0.05, 0) is 25.7 Å². The first-order valence-corrected chi connectivity index (χ1v) is 9.29. The van der Waals surface area contributed by atoms with Crippen LogP contribution in [0, 0.1) is 0 Å². The molecule has 1 fully saturated rings. The second kappa shape index (κ2) is 12.0. The fourth-order valence-corrected chi connectivity index (χ4v) is 2.65. The Hall–Kier alpha value is -0.570. The molecule has 0 aromatic rings. The Balaban J connectivity index is 2.20. The summed E-state index contributed by atoms with van der Waals surface area (Å²) in [5, 5.41) is 3.45. The normalized spacial score (nSPS) is 14.4. The van der Waals surface area contributed by atoms with E-state index < -0.39 is 0 Å². The second-order valence-corrected chi connectivity index (χ2v) is 6.48. The fraction of sp³-hybridized carbons (Fsp3) is 0.944. The lowest BCUT2D eigenvalue weighted by molar-refractivity contribution is -0.131. The highest BCUT2D eigenvalue weighted by Gasteiger charge is 2.21. The minimum absolute atomic E-state index is 0.358. The third-order valence-electron chi connectivity index (χ3n) is 4.27. The molecule has 0 aromatic carbocycles. The van der Waals surface area contributed by atoms with Crippen molar-refractivity contribution in [3.8, 4) is 0 Å². The topological polar surface area (TPSA) is 32.3 Å². The molecule has 3 nitrogen and oxygen atoms in total. The van der Waals surface area contributed by atoms with Gasteiger partial charge in [-0.2, -0.15) is 0 Å². The van der Waals surface area contributed by atoms with Crippen molar-refractivity contribution in [2.75, 3.05) is 19.6 Å². The van der Waals surface area contributed by atoms with E-state index in [0.717, 1.165) is 19.6 Å². The van der Waals surface area contributed by atoms with Crippen molar-refractivity contribution >= 4 is 5.91 Å². The number of amides is 1. The molecular weight excluding hydrogens is 260 g/mol. The molecule has 0 saturated heterocycles. The number of hydrogen-bond donors (Lipinski definition) is 1. The predicted octanol–water partition coefficient (Wildman–Crippen LogP) is 4.12. The van der Waals surface area contributed by atoms with Crippen LogP contribution in [0.2, 0.25) is 0 Å². The Morgan fingerprint density at radius 3 is 2.00 bits per heavy atom. The molecule has 0 aliphatic heterocycles. The van der Waals surface area contributed by atoms with E-state index in [0.29, 0.717) is 18.4 Å². The van der Waals surface area contributed by atoms with Crippen molar-refractivity contribution in [1.29, 1.82) is 0 Å². The number of nitrogens with zero attached hydrogens (tertiary/aromatic N) is 1. The first-order valence-electron chi connectivity index (χ1n) is 9.29. The zero-order valence-electron chi connectivity index (χ0n) is 14.3. The molecule has 1 saturated carbocycles. The van der Waals surface area contributed by atoms with Crippen LogP contribution in [0.5, 0.6) is 0 Å². The van der Waals surface area contributed by atoms with Crippen LogP contribution in [0.3, 0.4) is 0 Å². The molecule has 21 heavy (non-hydrogen) atoms. The van der Waals surface area contributed by atoms with Gasteiger partial charge in [0.25, 0.3) is 0 Å². The van der Waals surface area contributed by atoms with Gasteiger partial charge in [0.1, 0.15) is 0 Å². The predicted molar refractivity (Wildman–Crippen MR) is 90.5 cm³/mol. The molecule has 1 N–H and O–H groups in total. The molecule has 0 aromatic heterocycles. The monoisotopic (exact) mass is 296 g/mol.